The summed E-state index contributed by atoms with van der Waals surface area (Å²) < 4.78 is 5.12. The molecule has 0 bridgehead atoms. The van der Waals surface area contributed by atoms with Gasteiger partial charge in [0.15, 0.2) is 0 Å². The van der Waals surface area contributed by atoms with Crippen LogP contribution in [0.25, 0.3) is 0 Å². The van der Waals surface area contributed by atoms with Crippen LogP contribution in [0.4, 0.5) is 5.69 Å². The van der Waals surface area contributed by atoms with Gasteiger partial charge in [0.25, 0.3) is 0 Å². The first-order chi connectivity index (χ1) is 7.22. The van der Waals surface area contributed by atoms with Gasteiger partial charge in [0.2, 0.25) is 5.91 Å². The largest absolute Gasteiger partial charge is 0.497 e. The SMILES string of the molecule is COc1cccc(N2CCC(S)C2=O)c1. The summed E-state index contributed by atoms with van der Waals surface area (Å²) in [5, 5.41) is -0.156. The van der Waals surface area contributed by atoms with E-state index in [-0.39, 0.29) is 11.2 Å². The number of amides is 1. The van der Waals surface area contributed by atoms with Crippen molar-refractivity contribution in [1.29, 1.82) is 0 Å². The molecule has 80 valence electrons. The van der Waals surface area contributed by atoms with Gasteiger partial charge in [-0.05, 0) is 18.6 Å². The summed E-state index contributed by atoms with van der Waals surface area (Å²) in [5.74, 6) is 0.842. The van der Waals surface area contributed by atoms with Crippen molar-refractivity contribution in [3.8, 4) is 5.75 Å². The van der Waals surface area contributed by atoms with Crippen molar-refractivity contribution in [3.63, 3.8) is 0 Å². The van der Waals surface area contributed by atoms with E-state index in [1.807, 2.05) is 24.3 Å². The van der Waals surface area contributed by atoms with Crippen LogP contribution in [-0.2, 0) is 4.79 Å². The summed E-state index contributed by atoms with van der Waals surface area (Å²) in [6.07, 6.45) is 0.805. The van der Waals surface area contributed by atoms with E-state index in [1.54, 1.807) is 12.0 Å². The maximum absolute atomic E-state index is 11.7. The summed E-state index contributed by atoms with van der Waals surface area (Å²) >= 11 is 4.22. The average molecular weight is 223 g/mol. The van der Waals surface area contributed by atoms with Crippen LogP contribution >= 0.6 is 12.6 Å². The molecule has 0 spiro atoms. The highest BCUT2D eigenvalue weighted by Gasteiger charge is 2.29. The molecule has 0 N–H and O–H groups in total. The van der Waals surface area contributed by atoms with Crippen molar-refractivity contribution in [3.05, 3.63) is 24.3 Å². The smallest absolute Gasteiger partial charge is 0.239 e. The lowest BCUT2D eigenvalue weighted by molar-refractivity contribution is -0.116. The van der Waals surface area contributed by atoms with Crippen LogP contribution in [0.1, 0.15) is 6.42 Å². The molecule has 1 atom stereocenters. The molecule has 2 rings (SSSR count). The van der Waals surface area contributed by atoms with Crippen LogP contribution in [0.15, 0.2) is 24.3 Å². The maximum atomic E-state index is 11.7. The van der Waals surface area contributed by atoms with Crippen LogP contribution in [-0.4, -0.2) is 24.8 Å². The third-order valence-electron chi connectivity index (χ3n) is 2.54. The van der Waals surface area contributed by atoms with Crippen molar-refractivity contribution in [2.45, 2.75) is 11.7 Å². The second-order valence-corrected chi connectivity index (χ2v) is 4.12. The molecular formula is C11H13NO2S. The number of carbonyl (C=O) groups is 1. The molecule has 1 aromatic rings. The minimum absolute atomic E-state index is 0.0755. The number of rotatable bonds is 2. The monoisotopic (exact) mass is 223 g/mol. The predicted octanol–water partition coefficient (Wildman–Crippen LogP) is 1.73. The fraction of sp³-hybridized carbons (Fsp3) is 0.364. The van der Waals surface area contributed by atoms with Gasteiger partial charge >= 0.3 is 0 Å². The third kappa shape index (κ3) is 1.95. The molecule has 1 aromatic carbocycles. The summed E-state index contributed by atoms with van der Waals surface area (Å²) in [6.45, 7) is 0.736. The van der Waals surface area contributed by atoms with Crippen LogP contribution in [0, 0.1) is 0 Å². The minimum Gasteiger partial charge on any atom is -0.497 e. The van der Waals surface area contributed by atoms with Gasteiger partial charge in [-0.1, -0.05) is 6.07 Å². The van der Waals surface area contributed by atoms with Gasteiger partial charge in [-0.3, -0.25) is 4.79 Å². The zero-order valence-corrected chi connectivity index (χ0v) is 9.41. The molecule has 1 saturated heterocycles. The number of hydrogen-bond donors (Lipinski definition) is 1. The second-order valence-electron chi connectivity index (χ2n) is 3.50. The maximum Gasteiger partial charge on any atom is 0.239 e. The highest BCUT2D eigenvalue weighted by molar-refractivity contribution is 7.81. The Labute approximate surface area is 94.4 Å². The van der Waals surface area contributed by atoms with Crippen LogP contribution in [0.2, 0.25) is 0 Å². The fourth-order valence-corrected chi connectivity index (χ4v) is 1.95. The van der Waals surface area contributed by atoms with Crippen LogP contribution in [0.3, 0.4) is 0 Å². The standard InChI is InChI=1S/C11H13NO2S/c1-14-9-4-2-3-8(7-9)12-6-5-10(15)11(12)13/h2-4,7,10,15H,5-6H2,1H3. The van der Waals surface area contributed by atoms with Crippen molar-refractivity contribution in [2.24, 2.45) is 0 Å². The minimum atomic E-state index is -0.156. The molecular weight excluding hydrogens is 210 g/mol. The van der Waals surface area contributed by atoms with E-state index in [1.165, 1.54) is 0 Å². The van der Waals surface area contributed by atoms with E-state index >= 15 is 0 Å². The molecule has 1 unspecified atom stereocenters. The highest BCUT2D eigenvalue weighted by atomic mass is 32.1. The number of carbonyl (C=O) groups excluding carboxylic acids is 1. The molecule has 1 amide bonds. The lowest BCUT2D eigenvalue weighted by Crippen LogP contribution is -2.27. The Hall–Kier alpha value is -1.16. The zero-order valence-electron chi connectivity index (χ0n) is 8.51. The summed E-state index contributed by atoms with van der Waals surface area (Å²) in [6, 6.07) is 7.52. The van der Waals surface area contributed by atoms with E-state index in [0.29, 0.717) is 0 Å². The van der Waals surface area contributed by atoms with Gasteiger partial charge in [0.05, 0.1) is 12.4 Å². The van der Waals surface area contributed by atoms with Gasteiger partial charge in [-0.15, -0.1) is 0 Å². The van der Waals surface area contributed by atoms with Crippen LogP contribution < -0.4 is 9.64 Å². The predicted molar refractivity (Wildman–Crippen MR) is 62.7 cm³/mol. The number of anilines is 1. The quantitative estimate of drug-likeness (QED) is 0.774. The number of hydrogen-bond acceptors (Lipinski definition) is 3. The van der Waals surface area contributed by atoms with E-state index < -0.39 is 0 Å². The molecule has 1 aliphatic heterocycles. The van der Waals surface area contributed by atoms with Crippen molar-refractivity contribution < 1.29 is 9.53 Å². The van der Waals surface area contributed by atoms with E-state index in [0.717, 1.165) is 24.4 Å². The molecule has 3 nitrogen and oxygen atoms in total. The van der Waals surface area contributed by atoms with Crippen molar-refractivity contribution >= 4 is 24.2 Å². The van der Waals surface area contributed by atoms with Crippen molar-refractivity contribution in [2.75, 3.05) is 18.6 Å². The van der Waals surface area contributed by atoms with Crippen LogP contribution in [0.5, 0.6) is 5.75 Å². The topological polar surface area (TPSA) is 29.5 Å². The first-order valence-corrected chi connectivity index (χ1v) is 5.37. The fourth-order valence-electron chi connectivity index (χ4n) is 1.70. The van der Waals surface area contributed by atoms with Gasteiger partial charge in [0, 0.05) is 18.3 Å². The average Bonchev–Trinajstić information content (AvgIpc) is 2.60. The molecule has 0 aromatic heterocycles. The third-order valence-corrected chi connectivity index (χ3v) is 3.02. The molecule has 0 saturated carbocycles. The van der Waals surface area contributed by atoms with Gasteiger partial charge in [-0.2, -0.15) is 12.6 Å². The molecule has 15 heavy (non-hydrogen) atoms. The zero-order chi connectivity index (χ0) is 10.8. The first-order valence-electron chi connectivity index (χ1n) is 4.86. The Bertz CT molecular complexity index is 381. The lowest BCUT2D eigenvalue weighted by atomic mass is 10.3. The summed E-state index contributed by atoms with van der Waals surface area (Å²) in [5.41, 5.74) is 0.885. The number of thiol groups is 1. The lowest BCUT2D eigenvalue weighted by Gasteiger charge is -2.16. The number of methoxy groups -OCH3 is 1. The van der Waals surface area contributed by atoms with Crippen molar-refractivity contribution in [1.82, 2.24) is 0 Å². The number of nitrogens with zero attached hydrogens (tertiary/aromatic N) is 1. The Kier molecular flexibility index (Phi) is 2.86. The first kappa shape index (κ1) is 10.4. The van der Waals surface area contributed by atoms with Gasteiger partial charge in [0.1, 0.15) is 5.75 Å². The number of ether oxygens (including phenoxy) is 1. The Morgan fingerprint density at radius 2 is 2.33 bits per heavy atom. The Morgan fingerprint density at radius 3 is 2.93 bits per heavy atom. The molecule has 0 radical (unpaired) electrons. The highest BCUT2D eigenvalue weighted by Crippen LogP contribution is 2.26. The molecule has 0 aliphatic carbocycles. The molecule has 1 heterocycles. The number of benzene rings is 1. The summed E-state index contributed by atoms with van der Waals surface area (Å²) in [4.78, 5) is 13.5. The van der Waals surface area contributed by atoms with E-state index in [2.05, 4.69) is 12.6 Å². The molecule has 1 aliphatic rings. The van der Waals surface area contributed by atoms with Gasteiger partial charge < -0.3 is 9.64 Å². The Balaban J connectivity index is 2.26. The normalized spacial score (nSPS) is 20.8. The summed E-state index contributed by atoms with van der Waals surface area (Å²) in [7, 11) is 1.62. The second kappa shape index (κ2) is 4.14. The van der Waals surface area contributed by atoms with Gasteiger partial charge in [-0.25, -0.2) is 0 Å². The van der Waals surface area contributed by atoms with E-state index in [9.17, 15) is 4.79 Å². The molecule has 1 fully saturated rings. The van der Waals surface area contributed by atoms with E-state index in [4.69, 9.17) is 4.74 Å². The Morgan fingerprint density at radius 1 is 1.53 bits per heavy atom. The molecule has 4 heteroatoms.